The van der Waals surface area contributed by atoms with Crippen LogP contribution in [-0.2, 0) is 19.1 Å². The van der Waals surface area contributed by atoms with E-state index in [1.165, 1.54) is 6.42 Å². The van der Waals surface area contributed by atoms with Crippen LogP contribution >= 0.6 is 12.2 Å². The highest BCUT2D eigenvalue weighted by Crippen LogP contribution is 2.25. The molecular formula is C22H30N4O5S. The van der Waals surface area contributed by atoms with Crippen molar-refractivity contribution >= 4 is 46.7 Å². The second-order valence-electron chi connectivity index (χ2n) is 7.58. The Bertz CT molecular complexity index is 822. The predicted octanol–water partition coefficient (Wildman–Crippen LogP) is 2.57. The molecule has 2 rings (SSSR count). The molecule has 1 saturated carbocycles. The van der Waals surface area contributed by atoms with Crippen molar-refractivity contribution in [2.45, 2.75) is 58.3 Å². The Hall–Kier alpha value is -3.01. The number of anilines is 1. The van der Waals surface area contributed by atoms with E-state index >= 15 is 0 Å². The summed E-state index contributed by atoms with van der Waals surface area (Å²) in [6, 6.07) is 6.48. The summed E-state index contributed by atoms with van der Waals surface area (Å²) in [5, 5.41) is 5.17. The first-order valence-electron chi connectivity index (χ1n) is 10.9. The maximum atomic E-state index is 12.3. The number of thiocarbonyl (C=S) groups is 1. The average Bonchev–Trinajstić information content (AvgIpc) is 2.80. The van der Waals surface area contributed by atoms with Crippen LogP contribution < -0.4 is 21.5 Å². The Morgan fingerprint density at radius 2 is 1.69 bits per heavy atom. The Morgan fingerprint density at radius 1 is 1.00 bits per heavy atom. The molecule has 1 aliphatic carbocycles. The van der Waals surface area contributed by atoms with Crippen LogP contribution in [0.2, 0.25) is 0 Å². The maximum Gasteiger partial charge on any atom is 0.306 e. The number of carbonyl (C=O) groups excluding carboxylic acids is 4. The van der Waals surface area contributed by atoms with Gasteiger partial charge in [0.2, 0.25) is 11.8 Å². The van der Waals surface area contributed by atoms with E-state index in [1.54, 1.807) is 24.3 Å². The molecule has 0 aromatic heterocycles. The molecule has 0 spiro atoms. The molecule has 0 bridgehead atoms. The number of benzene rings is 1. The molecule has 10 heteroatoms. The summed E-state index contributed by atoms with van der Waals surface area (Å²) in [6.45, 7) is 2.20. The summed E-state index contributed by atoms with van der Waals surface area (Å²) in [6.07, 6.45) is 5.76. The fourth-order valence-corrected chi connectivity index (χ4v) is 3.39. The van der Waals surface area contributed by atoms with Crippen molar-refractivity contribution in [3.05, 3.63) is 29.8 Å². The number of nitrogens with one attached hydrogen (secondary N) is 4. The van der Waals surface area contributed by atoms with Crippen molar-refractivity contribution in [2.75, 3.05) is 11.9 Å². The summed E-state index contributed by atoms with van der Waals surface area (Å²) < 4.78 is 4.89. The van der Waals surface area contributed by atoms with E-state index < -0.39 is 17.8 Å². The fraction of sp³-hybridized carbons (Fsp3) is 0.500. The molecule has 1 aliphatic rings. The molecule has 174 valence electrons. The van der Waals surface area contributed by atoms with Gasteiger partial charge in [-0.05, 0) is 55.7 Å². The lowest BCUT2D eigenvalue weighted by Gasteiger charge is -2.20. The van der Waals surface area contributed by atoms with Gasteiger partial charge in [-0.2, -0.15) is 0 Å². The molecule has 0 unspecified atom stereocenters. The van der Waals surface area contributed by atoms with Crippen LogP contribution in [0.4, 0.5) is 5.69 Å². The molecule has 0 heterocycles. The molecule has 0 saturated heterocycles. The van der Waals surface area contributed by atoms with E-state index in [2.05, 4.69) is 21.5 Å². The van der Waals surface area contributed by atoms with Crippen LogP contribution in [0.3, 0.4) is 0 Å². The van der Waals surface area contributed by atoms with Crippen LogP contribution in [0.25, 0.3) is 0 Å². The molecule has 0 atom stereocenters. The summed E-state index contributed by atoms with van der Waals surface area (Å²) in [4.78, 5) is 47.7. The van der Waals surface area contributed by atoms with Gasteiger partial charge in [-0.25, -0.2) is 0 Å². The van der Waals surface area contributed by atoms with Crippen molar-refractivity contribution in [3.8, 4) is 0 Å². The third-order valence-electron chi connectivity index (χ3n) is 4.96. The normalized spacial score (nSPS) is 13.5. The van der Waals surface area contributed by atoms with Crippen molar-refractivity contribution in [1.29, 1.82) is 0 Å². The SMILES string of the molecule is CCCOC(=O)CCC(=O)NC(=S)NNC(=O)c1ccc(NC(=O)C2CCCCC2)cc1. The van der Waals surface area contributed by atoms with Gasteiger partial charge in [-0.15, -0.1) is 0 Å². The van der Waals surface area contributed by atoms with Gasteiger partial charge in [-0.1, -0.05) is 26.2 Å². The molecule has 4 N–H and O–H groups in total. The van der Waals surface area contributed by atoms with Crippen LogP contribution in [-0.4, -0.2) is 35.4 Å². The predicted molar refractivity (Wildman–Crippen MR) is 123 cm³/mol. The highest BCUT2D eigenvalue weighted by molar-refractivity contribution is 7.80. The van der Waals surface area contributed by atoms with E-state index in [1.807, 2.05) is 6.92 Å². The number of rotatable bonds is 8. The van der Waals surface area contributed by atoms with Gasteiger partial charge in [0.05, 0.1) is 13.0 Å². The number of ether oxygens (including phenoxy) is 1. The standard InChI is InChI=1S/C22H30N4O5S/c1-2-14-31-19(28)13-12-18(27)24-22(32)26-25-21(30)16-8-10-17(11-9-16)23-20(29)15-6-4-3-5-7-15/h8-11,15H,2-7,12-14H2,1H3,(H,23,29)(H,25,30)(H2,24,26,27,32). The smallest absolute Gasteiger partial charge is 0.306 e. The first kappa shape index (κ1) is 25.3. The van der Waals surface area contributed by atoms with Crippen LogP contribution in [0.15, 0.2) is 24.3 Å². The van der Waals surface area contributed by atoms with Gasteiger partial charge in [0.25, 0.3) is 5.91 Å². The van der Waals surface area contributed by atoms with Crippen molar-refractivity contribution in [1.82, 2.24) is 16.2 Å². The quantitative estimate of drug-likeness (QED) is 0.266. The van der Waals surface area contributed by atoms with E-state index in [0.717, 1.165) is 25.7 Å². The van der Waals surface area contributed by atoms with E-state index in [0.29, 0.717) is 24.3 Å². The van der Waals surface area contributed by atoms with Gasteiger partial charge in [-0.3, -0.25) is 30.0 Å². The van der Waals surface area contributed by atoms with E-state index in [4.69, 9.17) is 17.0 Å². The zero-order valence-electron chi connectivity index (χ0n) is 18.2. The molecule has 0 aliphatic heterocycles. The summed E-state index contributed by atoms with van der Waals surface area (Å²) in [5.41, 5.74) is 5.80. The second kappa shape index (κ2) is 13.4. The topological polar surface area (TPSA) is 126 Å². The van der Waals surface area contributed by atoms with Crippen LogP contribution in [0.1, 0.15) is 68.6 Å². The molecule has 9 nitrogen and oxygen atoms in total. The lowest BCUT2D eigenvalue weighted by molar-refractivity contribution is -0.144. The Morgan fingerprint density at radius 3 is 2.34 bits per heavy atom. The van der Waals surface area contributed by atoms with Gasteiger partial charge in [0, 0.05) is 23.6 Å². The monoisotopic (exact) mass is 462 g/mol. The fourth-order valence-electron chi connectivity index (χ4n) is 3.22. The Kier molecular flexibility index (Phi) is 10.6. The average molecular weight is 463 g/mol. The number of amides is 3. The molecule has 1 aromatic carbocycles. The summed E-state index contributed by atoms with van der Waals surface area (Å²) >= 11 is 4.96. The largest absolute Gasteiger partial charge is 0.466 e. The van der Waals surface area contributed by atoms with Gasteiger partial charge >= 0.3 is 5.97 Å². The Balaban J connectivity index is 1.70. The maximum absolute atomic E-state index is 12.3. The van der Waals surface area contributed by atoms with Gasteiger partial charge in [0.15, 0.2) is 5.11 Å². The highest BCUT2D eigenvalue weighted by Gasteiger charge is 2.21. The lowest BCUT2D eigenvalue weighted by atomic mass is 9.88. The van der Waals surface area contributed by atoms with E-state index in [9.17, 15) is 19.2 Å². The first-order valence-corrected chi connectivity index (χ1v) is 11.3. The molecule has 1 fully saturated rings. The number of hydrazine groups is 1. The minimum atomic E-state index is -0.469. The van der Waals surface area contributed by atoms with Crippen LogP contribution in [0, 0.1) is 5.92 Å². The number of hydrogen-bond donors (Lipinski definition) is 4. The summed E-state index contributed by atoms with van der Waals surface area (Å²) in [7, 11) is 0. The minimum absolute atomic E-state index is 0.0169. The number of esters is 1. The lowest BCUT2D eigenvalue weighted by Crippen LogP contribution is -2.48. The molecule has 1 aromatic rings. The molecule has 3 amide bonds. The molecule has 0 radical (unpaired) electrons. The third-order valence-corrected chi connectivity index (χ3v) is 5.16. The number of hydrogen-bond acceptors (Lipinski definition) is 6. The first-order chi connectivity index (χ1) is 15.4. The molecular weight excluding hydrogens is 432 g/mol. The zero-order valence-corrected chi connectivity index (χ0v) is 19.0. The third kappa shape index (κ3) is 9.01. The van der Waals surface area contributed by atoms with Crippen LogP contribution in [0.5, 0.6) is 0 Å². The zero-order chi connectivity index (χ0) is 23.3. The highest BCUT2D eigenvalue weighted by atomic mass is 32.1. The van der Waals surface area contributed by atoms with E-state index in [-0.39, 0.29) is 29.8 Å². The Labute approximate surface area is 193 Å². The van der Waals surface area contributed by atoms with Crippen molar-refractivity contribution < 1.29 is 23.9 Å². The van der Waals surface area contributed by atoms with Crippen molar-refractivity contribution in [3.63, 3.8) is 0 Å². The van der Waals surface area contributed by atoms with Gasteiger partial charge in [0.1, 0.15) is 0 Å². The van der Waals surface area contributed by atoms with Crippen molar-refractivity contribution in [2.24, 2.45) is 5.92 Å². The summed E-state index contributed by atoms with van der Waals surface area (Å²) in [5.74, 6) is -1.32. The molecule has 32 heavy (non-hydrogen) atoms. The second-order valence-corrected chi connectivity index (χ2v) is 7.99. The van der Waals surface area contributed by atoms with Gasteiger partial charge < -0.3 is 15.4 Å². The minimum Gasteiger partial charge on any atom is -0.466 e. The number of carbonyl (C=O) groups is 4.